The van der Waals surface area contributed by atoms with Crippen LogP contribution in [-0.2, 0) is 0 Å². The lowest BCUT2D eigenvalue weighted by Crippen LogP contribution is -2.45. The number of ether oxygens (including phenoxy) is 1. The van der Waals surface area contributed by atoms with Crippen LogP contribution in [0, 0.1) is 0 Å². The molecule has 0 aliphatic carbocycles. The SMILES string of the molecule is CCOc1ccccc1[C@@H](c1cccs1)N1CCNCC1. The maximum atomic E-state index is 5.87. The molecular formula is C17H22N2OS. The van der Waals surface area contributed by atoms with Gasteiger partial charge in [-0.1, -0.05) is 24.3 Å². The van der Waals surface area contributed by atoms with Crippen LogP contribution in [0.5, 0.6) is 5.75 Å². The van der Waals surface area contributed by atoms with E-state index in [1.165, 1.54) is 10.4 Å². The molecule has 0 spiro atoms. The first kappa shape index (κ1) is 14.6. The van der Waals surface area contributed by atoms with Gasteiger partial charge in [-0.3, -0.25) is 4.90 Å². The van der Waals surface area contributed by atoms with Crippen LogP contribution in [0.15, 0.2) is 41.8 Å². The van der Waals surface area contributed by atoms with Gasteiger partial charge in [0.1, 0.15) is 5.75 Å². The van der Waals surface area contributed by atoms with Crippen LogP contribution < -0.4 is 10.1 Å². The highest BCUT2D eigenvalue weighted by Gasteiger charge is 2.26. The highest BCUT2D eigenvalue weighted by molar-refractivity contribution is 7.10. The number of para-hydroxylation sites is 1. The molecule has 1 atom stereocenters. The zero-order valence-electron chi connectivity index (χ0n) is 12.4. The molecule has 1 aliphatic rings. The highest BCUT2D eigenvalue weighted by atomic mass is 32.1. The van der Waals surface area contributed by atoms with E-state index in [4.69, 9.17) is 4.74 Å². The minimum absolute atomic E-state index is 0.301. The second-order valence-corrected chi connectivity index (χ2v) is 6.15. The smallest absolute Gasteiger partial charge is 0.124 e. The standard InChI is InChI=1S/C17H22N2OS/c1-2-20-15-7-4-3-6-14(15)17(16-8-5-13-21-16)19-11-9-18-10-12-19/h3-8,13,17-18H,2,9-12H2,1H3/t17-/m0/s1. The highest BCUT2D eigenvalue weighted by Crippen LogP contribution is 2.36. The first-order valence-electron chi connectivity index (χ1n) is 7.60. The molecule has 2 aromatic rings. The fourth-order valence-corrected chi connectivity index (χ4v) is 3.79. The van der Waals surface area contributed by atoms with Crippen molar-refractivity contribution in [3.05, 3.63) is 52.2 Å². The zero-order chi connectivity index (χ0) is 14.5. The van der Waals surface area contributed by atoms with Gasteiger partial charge >= 0.3 is 0 Å². The number of nitrogens with one attached hydrogen (secondary N) is 1. The van der Waals surface area contributed by atoms with Gasteiger partial charge in [0.2, 0.25) is 0 Å². The van der Waals surface area contributed by atoms with Crippen molar-refractivity contribution in [1.82, 2.24) is 10.2 Å². The summed E-state index contributed by atoms with van der Waals surface area (Å²) in [6.45, 7) is 7.00. The van der Waals surface area contributed by atoms with Crippen LogP contribution in [0.4, 0.5) is 0 Å². The Morgan fingerprint density at radius 3 is 2.71 bits per heavy atom. The Balaban J connectivity index is 1.98. The number of benzene rings is 1. The van der Waals surface area contributed by atoms with Crippen LogP contribution >= 0.6 is 11.3 Å². The second-order valence-electron chi connectivity index (χ2n) is 5.17. The van der Waals surface area contributed by atoms with Crippen LogP contribution in [0.25, 0.3) is 0 Å². The number of rotatable bonds is 5. The Labute approximate surface area is 130 Å². The van der Waals surface area contributed by atoms with E-state index < -0.39 is 0 Å². The van der Waals surface area contributed by atoms with E-state index in [-0.39, 0.29) is 0 Å². The summed E-state index contributed by atoms with van der Waals surface area (Å²) in [6, 6.07) is 13.1. The Bertz CT molecular complexity index is 550. The maximum absolute atomic E-state index is 5.87. The third-order valence-corrected chi connectivity index (χ3v) is 4.77. The number of hydrogen-bond acceptors (Lipinski definition) is 4. The number of thiophene rings is 1. The lowest BCUT2D eigenvalue weighted by molar-refractivity contribution is 0.196. The molecule has 112 valence electrons. The predicted octanol–water partition coefficient (Wildman–Crippen LogP) is 3.14. The van der Waals surface area contributed by atoms with E-state index in [0.717, 1.165) is 31.9 Å². The topological polar surface area (TPSA) is 24.5 Å². The Hall–Kier alpha value is -1.36. The Morgan fingerprint density at radius 2 is 2.00 bits per heavy atom. The van der Waals surface area contributed by atoms with Crippen molar-refractivity contribution in [2.75, 3.05) is 32.8 Å². The van der Waals surface area contributed by atoms with Gasteiger partial charge in [0.25, 0.3) is 0 Å². The van der Waals surface area contributed by atoms with Crippen LogP contribution in [0.2, 0.25) is 0 Å². The molecule has 1 fully saturated rings. The molecule has 1 aromatic heterocycles. The summed E-state index contributed by atoms with van der Waals surface area (Å²) in [4.78, 5) is 3.95. The fraction of sp³-hybridized carbons (Fsp3) is 0.412. The number of nitrogens with zero attached hydrogens (tertiary/aromatic N) is 1. The monoisotopic (exact) mass is 302 g/mol. The molecule has 0 radical (unpaired) electrons. The molecule has 1 aromatic carbocycles. The quantitative estimate of drug-likeness (QED) is 0.918. The predicted molar refractivity (Wildman–Crippen MR) is 88.2 cm³/mol. The van der Waals surface area contributed by atoms with Crippen LogP contribution in [0.3, 0.4) is 0 Å². The third-order valence-electron chi connectivity index (χ3n) is 3.84. The van der Waals surface area contributed by atoms with Gasteiger partial charge in [0.15, 0.2) is 0 Å². The van der Waals surface area contributed by atoms with Crippen molar-refractivity contribution in [3.8, 4) is 5.75 Å². The molecular weight excluding hydrogens is 280 g/mol. The molecule has 0 saturated carbocycles. The summed E-state index contributed by atoms with van der Waals surface area (Å²) in [6.07, 6.45) is 0. The van der Waals surface area contributed by atoms with Crippen LogP contribution in [0.1, 0.15) is 23.4 Å². The van der Waals surface area contributed by atoms with Crippen molar-refractivity contribution in [2.45, 2.75) is 13.0 Å². The molecule has 4 heteroatoms. The van der Waals surface area contributed by atoms with Gasteiger partial charge in [-0.25, -0.2) is 0 Å². The summed E-state index contributed by atoms with van der Waals surface area (Å²) in [7, 11) is 0. The summed E-state index contributed by atoms with van der Waals surface area (Å²) >= 11 is 1.83. The largest absolute Gasteiger partial charge is 0.494 e. The maximum Gasteiger partial charge on any atom is 0.124 e. The lowest BCUT2D eigenvalue weighted by Gasteiger charge is -2.35. The molecule has 2 heterocycles. The Kier molecular flexibility index (Phi) is 4.91. The molecule has 3 rings (SSSR count). The zero-order valence-corrected chi connectivity index (χ0v) is 13.2. The molecule has 0 bridgehead atoms. The summed E-state index contributed by atoms with van der Waals surface area (Å²) in [5.74, 6) is 1.01. The van der Waals surface area contributed by atoms with Crippen molar-refractivity contribution in [3.63, 3.8) is 0 Å². The van der Waals surface area contributed by atoms with Gasteiger partial charge in [0, 0.05) is 36.6 Å². The molecule has 0 amide bonds. The number of piperazine rings is 1. The minimum atomic E-state index is 0.301. The second kappa shape index (κ2) is 7.07. The molecule has 0 unspecified atom stereocenters. The summed E-state index contributed by atoms with van der Waals surface area (Å²) < 4.78 is 5.87. The van der Waals surface area contributed by atoms with Crippen molar-refractivity contribution >= 4 is 11.3 Å². The van der Waals surface area contributed by atoms with E-state index in [2.05, 4.69) is 52.0 Å². The summed E-state index contributed by atoms with van der Waals surface area (Å²) in [5.41, 5.74) is 1.28. The van der Waals surface area contributed by atoms with Crippen molar-refractivity contribution in [1.29, 1.82) is 0 Å². The van der Waals surface area contributed by atoms with E-state index in [1.807, 2.05) is 18.3 Å². The molecule has 1 aliphatic heterocycles. The van der Waals surface area contributed by atoms with E-state index >= 15 is 0 Å². The van der Waals surface area contributed by atoms with Gasteiger partial charge in [-0.2, -0.15) is 0 Å². The number of hydrogen-bond donors (Lipinski definition) is 1. The van der Waals surface area contributed by atoms with E-state index in [1.54, 1.807) is 0 Å². The van der Waals surface area contributed by atoms with E-state index in [0.29, 0.717) is 12.6 Å². The first-order chi connectivity index (χ1) is 10.4. The normalized spacial score (nSPS) is 17.6. The molecule has 1 saturated heterocycles. The van der Waals surface area contributed by atoms with Gasteiger partial charge < -0.3 is 10.1 Å². The minimum Gasteiger partial charge on any atom is -0.494 e. The molecule has 21 heavy (non-hydrogen) atoms. The molecule has 1 N–H and O–H groups in total. The average Bonchev–Trinajstić information content (AvgIpc) is 3.05. The average molecular weight is 302 g/mol. The van der Waals surface area contributed by atoms with E-state index in [9.17, 15) is 0 Å². The van der Waals surface area contributed by atoms with Crippen molar-refractivity contribution in [2.24, 2.45) is 0 Å². The van der Waals surface area contributed by atoms with Gasteiger partial charge in [-0.15, -0.1) is 11.3 Å². The Morgan fingerprint density at radius 1 is 1.19 bits per heavy atom. The lowest BCUT2D eigenvalue weighted by atomic mass is 10.0. The third kappa shape index (κ3) is 3.28. The van der Waals surface area contributed by atoms with Crippen LogP contribution in [-0.4, -0.2) is 37.7 Å². The van der Waals surface area contributed by atoms with Crippen molar-refractivity contribution < 1.29 is 4.74 Å². The van der Waals surface area contributed by atoms with Gasteiger partial charge in [-0.05, 0) is 24.4 Å². The molecule has 3 nitrogen and oxygen atoms in total. The van der Waals surface area contributed by atoms with Gasteiger partial charge in [0.05, 0.1) is 12.6 Å². The fourth-order valence-electron chi connectivity index (χ4n) is 2.91. The summed E-state index contributed by atoms with van der Waals surface area (Å²) in [5, 5.41) is 5.60. The first-order valence-corrected chi connectivity index (χ1v) is 8.48.